The van der Waals surface area contributed by atoms with Gasteiger partial charge in [0.15, 0.2) is 0 Å². The molecule has 2 aromatic rings. The number of ether oxygens (including phenoxy) is 1. The molecule has 2 rings (SSSR count). The quantitative estimate of drug-likeness (QED) is 0.811. The summed E-state index contributed by atoms with van der Waals surface area (Å²) in [5, 5.41) is 0.0121. The second kappa shape index (κ2) is 7.31. The molecule has 0 aliphatic rings. The van der Waals surface area contributed by atoms with E-state index in [0.29, 0.717) is 5.75 Å². The van der Waals surface area contributed by atoms with Crippen molar-refractivity contribution in [2.45, 2.75) is 31.7 Å². The number of hydrogen-bond acceptors (Lipinski definition) is 3. The van der Waals surface area contributed by atoms with Crippen molar-refractivity contribution in [1.82, 2.24) is 4.72 Å². The lowest BCUT2D eigenvalue weighted by Crippen LogP contribution is -2.27. The van der Waals surface area contributed by atoms with Crippen molar-refractivity contribution in [3.8, 4) is 5.75 Å². The van der Waals surface area contributed by atoms with Crippen LogP contribution in [0.25, 0.3) is 0 Å². The van der Waals surface area contributed by atoms with Crippen LogP contribution < -0.4 is 9.46 Å². The topological polar surface area (TPSA) is 55.4 Å². The summed E-state index contributed by atoms with van der Waals surface area (Å²) in [5.74, 6) is 0.322. The Hall–Kier alpha value is -1.27. The van der Waals surface area contributed by atoms with Crippen molar-refractivity contribution in [2.24, 2.45) is 0 Å². The molecule has 4 nitrogen and oxygen atoms in total. The van der Waals surface area contributed by atoms with Gasteiger partial charge in [0.25, 0.3) is 0 Å². The van der Waals surface area contributed by atoms with Gasteiger partial charge in [0.2, 0.25) is 10.0 Å². The monoisotopic (exact) mass is 387 g/mol. The van der Waals surface area contributed by atoms with Crippen LogP contribution in [0.5, 0.6) is 5.75 Å². The first-order valence-corrected chi connectivity index (χ1v) is 9.52. The molecule has 130 valence electrons. The summed E-state index contributed by atoms with van der Waals surface area (Å²) in [5.41, 5.74) is 2.98. The molecule has 0 saturated heterocycles. The molecule has 0 spiro atoms. The number of hydrogen-bond donors (Lipinski definition) is 1. The molecule has 7 heteroatoms. The minimum absolute atomic E-state index is 0.0586. The predicted molar refractivity (Wildman–Crippen MR) is 97.7 cm³/mol. The zero-order valence-electron chi connectivity index (χ0n) is 13.9. The summed E-state index contributed by atoms with van der Waals surface area (Å²) in [4.78, 5) is -0.0767. The summed E-state index contributed by atoms with van der Waals surface area (Å²) in [6, 6.07) is 8.36. The van der Waals surface area contributed by atoms with Crippen LogP contribution in [-0.2, 0) is 10.0 Å². The molecular weight excluding hydrogens is 369 g/mol. The van der Waals surface area contributed by atoms with Crippen LogP contribution in [-0.4, -0.2) is 15.5 Å². The molecule has 1 N–H and O–H groups in total. The SMILES string of the molecule is COc1ccc(S(=O)(=O)NC(C)c2cc(C)ccc2C)c(Cl)c1Cl. The smallest absolute Gasteiger partial charge is 0.242 e. The molecule has 0 fully saturated rings. The third-order valence-electron chi connectivity index (χ3n) is 3.75. The number of rotatable bonds is 5. The van der Waals surface area contributed by atoms with Gasteiger partial charge in [-0.3, -0.25) is 0 Å². The largest absolute Gasteiger partial charge is 0.495 e. The van der Waals surface area contributed by atoms with Gasteiger partial charge >= 0.3 is 0 Å². The fourth-order valence-electron chi connectivity index (χ4n) is 2.47. The van der Waals surface area contributed by atoms with E-state index in [0.717, 1.165) is 16.7 Å². The molecule has 0 heterocycles. The van der Waals surface area contributed by atoms with Crippen molar-refractivity contribution in [3.05, 3.63) is 57.1 Å². The molecular formula is C17H19Cl2NO3S. The van der Waals surface area contributed by atoms with Gasteiger partial charge in [0.1, 0.15) is 15.7 Å². The lowest BCUT2D eigenvalue weighted by molar-refractivity contribution is 0.414. The number of nitrogens with one attached hydrogen (secondary N) is 1. The maximum atomic E-state index is 12.7. The van der Waals surface area contributed by atoms with Crippen LogP contribution in [0.2, 0.25) is 10.0 Å². The minimum Gasteiger partial charge on any atom is -0.495 e. The van der Waals surface area contributed by atoms with Gasteiger partial charge in [-0.1, -0.05) is 47.0 Å². The molecule has 0 saturated carbocycles. The van der Waals surface area contributed by atoms with Crippen LogP contribution in [0.4, 0.5) is 0 Å². The third kappa shape index (κ3) is 3.86. The zero-order chi connectivity index (χ0) is 18.1. The highest BCUT2D eigenvalue weighted by Gasteiger charge is 2.24. The summed E-state index contributed by atoms with van der Waals surface area (Å²) in [6.07, 6.45) is 0. The zero-order valence-corrected chi connectivity index (χ0v) is 16.2. The second-order valence-corrected chi connectivity index (χ2v) is 8.04. The van der Waals surface area contributed by atoms with Gasteiger partial charge in [0.05, 0.1) is 12.1 Å². The van der Waals surface area contributed by atoms with Crippen molar-refractivity contribution in [1.29, 1.82) is 0 Å². The third-order valence-corrected chi connectivity index (χ3v) is 6.31. The van der Waals surface area contributed by atoms with E-state index in [1.54, 1.807) is 6.92 Å². The molecule has 0 aromatic heterocycles. The second-order valence-electron chi connectivity index (χ2n) is 5.60. The average Bonchev–Trinajstić information content (AvgIpc) is 2.51. The molecule has 0 radical (unpaired) electrons. The Balaban J connectivity index is 2.38. The maximum absolute atomic E-state index is 12.7. The van der Waals surface area contributed by atoms with E-state index in [9.17, 15) is 8.42 Å². The minimum atomic E-state index is -3.84. The molecule has 0 aliphatic heterocycles. The van der Waals surface area contributed by atoms with Crippen LogP contribution in [0.1, 0.15) is 29.7 Å². The van der Waals surface area contributed by atoms with Crippen LogP contribution in [0, 0.1) is 13.8 Å². The molecule has 24 heavy (non-hydrogen) atoms. The summed E-state index contributed by atoms with van der Waals surface area (Å²) in [7, 11) is -2.40. The lowest BCUT2D eigenvalue weighted by Gasteiger charge is -2.18. The van der Waals surface area contributed by atoms with Crippen molar-refractivity contribution < 1.29 is 13.2 Å². The molecule has 0 amide bonds. The highest BCUT2D eigenvalue weighted by atomic mass is 35.5. The predicted octanol–water partition coefficient (Wildman–Crippen LogP) is 4.66. The summed E-state index contributed by atoms with van der Waals surface area (Å²) < 4.78 is 33.1. The van der Waals surface area contributed by atoms with E-state index in [2.05, 4.69) is 4.72 Å². The Morgan fingerprint density at radius 2 is 1.75 bits per heavy atom. The van der Waals surface area contributed by atoms with E-state index in [4.69, 9.17) is 27.9 Å². The Morgan fingerprint density at radius 3 is 2.38 bits per heavy atom. The first kappa shape index (κ1) is 19.1. The van der Waals surface area contributed by atoms with Gasteiger partial charge in [-0.2, -0.15) is 0 Å². The Labute approximate surface area is 152 Å². The van der Waals surface area contributed by atoms with Gasteiger partial charge in [-0.05, 0) is 44.0 Å². The van der Waals surface area contributed by atoms with E-state index < -0.39 is 16.1 Å². The fraction of sp³-hybridized carbons (Fsp3) is 0.294. The average molecular weight is 388 g/mol. The number of methoxy groups -OCH3 is 1. The highest BCUT2D eigenvalue weighted by molar-refractivity contribution is 7.89. The molecule has 1 unspecified atom stereocenters. The maximum Gasteiger partial charge on any atom is 0.242 e. The standard InChI is InChI=1S/C17H19Cl2NO3S/c1-10-5-6-11(2)13(9-10)12(3)20-24(21,22)15-8-7-14(23-4)16(18)17(15)19/h5-9,12,20H,1-4H3. The van der Waals surface area contributed by atoms with Crippen molar-refractivity contribution >= 4 is 33.2 Å². The number of halogens is 2. The Bertz CT molecular complexity index is 866. The highest BCUT2D eigenvalue weighted by Crippen LogP contribution is 2.37. The number of aryl methyl sites for hydroxylation is 2. The lowest BCUT2D eigenvalue weighted by atomic mass is 10.0. The van der Waals surface area contributed by atoms with Gasteiger partial charge in [0, 0.05) is 6.04 Å². The normalized spacial score (nSPS) is 12.9. The fourth-order valence-corrected chi connectivity index (χ4v) is 4.53. The van der Waals surface area contributed by atoms with Crippen molar-refractivity contribution in [2.75, 3.05) is 7.11 Å². The van der Waals surface area contributed by atoms with E-state index in [1.807, 2.05) is 32.0 Å². The van der Waals surface area contributed by atoms with Crippen LogP contribution >= 0.6 is 23.2 Å². The first-order chi connectivity index (χ1) is 11.2. The molecule has 0 aliphatic carbocycles. The first-order valence-electron chi connectivity index (χ1n) is 7.29. The summed E-state index contributed by atoms with van der Waals surface area (Å²) >= 11 is 12.2. The van der Waals surface area contributed by atoms with Crippen LogP contribution in [0.15, 0.2) is 35.2 Å². The van der Waals surface area contributed by atoms with Crippen molar-refractivity contribution in [3.63, 3.8) is 0 Å². The molecule has 0 bridgehead atoms. The van der Waals surface area contributed by atoms with E-state index in [-0.39, 0.29) is 14.9 Å². The Morgan fingerprint density at radius 1 is 1.08 bits per heavy atom. The van der Waals surface area contributed by atoms with Gasteiger partial charge in [-0.15, -0.1) is 0 Å². The van der Waals surface area contributed by atoms with Crippen LogP contribution in [0.3, 0.4) is 0 Å². The molecule has 1 atom stereocenters. The van der Waals surface area contributed by atoms with Gasteiger partial charge in [-0.25, -0.2) is 13.1 Å². The van der Waals surface area contributed by atoms with E-state index >= 15 is 0 Å². The summed E-state index contributed by atoms with van der Waals surface area (Å²) in [6.45, 7) is 5.69. The number of sulfonamides is 1. The van der Waals surface area contributed by atoms with Gasteiger partial charge < -0.3 is 4.74 Å². The number of benzene rings is 2. The van der Waals surface area contributed by atoms with E-state index in [1.165, 1.54) is 19.2 Å². The molecule has 2 aromatic carbocycles. The Kier molecular flexibility index (Phi) is 5.81.